The maximum absolute atomic E-state index is 5.43. The summed E-state index contributed by atoms with van der Waals surface area (Å²) in [5.74, 6) is 0. The molecule has 0 spiro atoms. The Morgan fingerprint density at radius 2 is 0.911 bits per heavy atom. The lowest BCUT2D eigenvalue weighted by Crippen LogP contribution is -2.25. The lowest BCUT2D eigenvalue weighted by molar-refractivity contribution is 0.398. The Hall–Kier alpha value is -3.78. The second-order valence-electron chi connectivity index (χ2n) is 13.2. The average Bonchev–Trinajstić information content (AvgIpc) is 3.35. The number of unbranched alkanes of at least 4 members (excludes halogenated alkanes) is 10. The molecule has 0 amide bonds. The van der Waals surface area contributed by atoms with Gasteiger partial charge in [0.1, 0.15) is 0 Å². The Labute approximate surface area is 271 Å². The molecular formula is C43H50N2. The summed E-state index contributed by atoms with van der Waals surface area (Å²) in [4.78, 5) is 10.8. The van der Waals surface area contributed by atoms with Gasteiger partial charge in [-0.15, -0.1) is 0 Å². The fourth-order valence-electron chi connectivity index (χ4n) is 7.67. The van der Waals surface area contributed by atoms with Crippen LogP contribution in [-0.4, -0.2) is 9.97 Å². The number of rotatable bonds is 16. The van der Waals surface area contributed by atoms with Gasteiger partial charge < -0.3 is 0 Å². The van der Waals surface area contributed by atoms with Crippen molar-refractivity contribution in [1.29, 1.82) is 0 Å². The average molecular weight is 595 g/mol. The molecule has 0 unspecified atom stereocenters. The van der Waals surface area contributed by atoms with E-state index in [-0.39, 0.29) is 5.41 Å². The molecule has 0 aliphatic heterocycles. The predicted octanol–water partition coefficient (Wildman–Crippen LogP) is 12.7. The molecule has 6 rings (SSSR count). The zero-order valence-electron chi connectivity index (χ0n) is 27.5. The molecule has 2 heteroatoms. The van der Waals surface area contributed by atoms with Crippen molar-refractivity contribution >= 4 is 11.0 Å². The quantitative estimate of drug-likeness (QED) is 0.106. The minimum Gasteiger partial charge on any atom is -0.244 e. The van der Waals surface area contributed by atoms with Crippen LogP contribution in [0.3, 0.4) is 0 Å². The third kappa shape index (κ3) is 6.76. The molecule has 0 N–H and O–H groups in total. The van der Waals surface area contributed by atoms with E-state index in [1.165, 1.54) is 112 Å². The van der Waals surface area contributed by atoms with Crippen molar-refractivity contribution in [3.63, 3.8) is 0 Å². The standard InChI is InChI=1S/C43H50N2/c1-3-5-7-9-11-21-29-43(30-22-12-10-8-6-4-2)37-28-20-19-27-35(37)36-31-39-40(32-38(36)43)45-42(34-25-17-14-18-26-34)41(44-39)33-23-15-13-16-24-33/h13-20,23-28,31-32H,3-12,21-22,29-30H2,1-2H3. The summed E-state index contributed by atoms with van der Waals surface area (Å²) in [5.41, 5.74) is 12.0. The van der Waals surface area contributed by atoms with Crippen molar-refractivity contribution in [2.24, 2.45) is 0 Å². The SMILES string of the molecule is CCCCCCCCC1(CCCCCCCC)c2ccccc2-c2cc3nc(-c4ccccc4)c(-c4ccccc4)nc3cc21. The van der Waals surface area contributed by atoms with Gasteiger partial charge in [-0.1, -0.05) is 176 Å². The molecule has 0 bridgehead atoms. The van der Waals surface area contributed by atoms with Crippen LogP contribution >= 0.6 is 0 Å². The summed E-state index contributed by atoms with van der Waals surface area (Å²) in [6, 6.07) is 35.2. The minimum absolute atomic E-state index is 0.0440. The molecule has 1 aliphatic carbocycles. The maximum Gasteiger partial charge on any atom is 0.0973 e. The predicted molar refractivity (Wildman–Crippen MR) is 193 cm³/mol. The Morgan fingerprint density at radius 3 is 1.47 bits per heavy atom. The van der Waals surface area contributed by atoms with Crippen LogP contribution in [0.1, 0.15) is 115 Å². The molecule has 2 nitrogen and oxygen atoms in total. The van der Waals surface area contributed by atoms with E-state index in [1.54, 1.807) is 0 Å². The highest BCUT2D eigenvalue weighted by Crippen LogP contribution is 2.55. The normalized spacial score (nSPS) is 13.2. The van der Waals surface area contributed by atoms with E-state index in [0.717, 1.165) is 33.5 Å². The van der Waals surface area contributed by atoms with E-state index in [1.807, 2.05) is 0 Å². The number of aromatic nitrogens is 2. The van der Waals surface area contributed by atoms with E-state index >= 15 is 0 Å². The molecular weight excluding hydrogens is 544 g/mol. The van der Waals surface area contributed by atoms with E-state index in [9.17, 15) is 0 Å². The summed E-state index contributed by atoms with van der Waals surface area (Å²) < 4.78 is 0. The van der Waals surface area contributed by atoms with Gasteiger partial charge in [0.25, 0.3) is 0 Å². The van der Waals surface area contributed by atoms with Crippen LogP contribution in [0.25, 0.3) is 44.7 Å². The third-order valence-electron chi connectivity index (χ3n) is 10.1. The lowest BCUT2D eigenvalue weighted by atomic mass is 9.70. The van der Waals surface area contributed by atoms with E-state index in [0.29, 0.717) is 0 Å². The highest BCUT2D eigenvalue weighted by Gasteiger charge is 2.42. The third-order valence-corrected chi connectivity index (χ3v) is 10.1. The van der Waals surface area contributed by atoms with Crippen LogP contribution in [0.4, 0.5) is 0 Å². The largest absolute Gasteiger partial charge is 0.244 e. The van der Waals surface area contributed by atoms with Crippen LogP contribution in [-0.2, 0) is 5.41 Å². The minimum atomic E-state index is 0.0440. The molecule has 0 fully saturated rings. The molecule has 1 heterocycles. The van der Waals surface area contributed by atoms with Crippen molar-refractivity contribution in [3.05, 3.63) is 108 Å². The molecule has 1 aromatic heterocycles. The fourth-order valence-corrected chi connectivity index (χ4v) is 7.67. The van der Waals surface area contributed by atoms with Crippen LogP contribution < -0.4 is 0 Å². The first kappa shape index (κ1) is 31.2. The van der Waals surface area contributed by atoms with E-state index < -0.39 is 0 Å². The van der Waals surface area contributed by atoms with Gasteiger partial charge in [-0.2, -0.15) is 0 Å². The van der Waals surface area contributed by atoms with Gasteiger partial charge in [0.15, 0.2) is 0 Å². The van der Waals surface area contributed by atoms with Gasteiger partial charge in [0, 0.05) is 16.5 Å². The Balaban J connectivity index is 1.45. The monoisotopic (exact) mass is 594 g/mol. The van der Waals surface area contributed by atoms with Crippen LogP contribution in [0.5, 0.6) is 0 Å². The summed E-state index contributed by atoms with van der Waals surface area (Å²) in [7, 11) is 0. The number of nitrogens with zero attached hydrogens (tertiary/aromatic N) is 2. The summed E-state index contributed by atoms with van der Waals surface area (Å²) >= 11 is 0. The molecule has 232 valence electrons. The van der Waals surface area contributed by atoms with E-state index in [4.69, 9.17) is 9.97 Å². The Bertz CT molecular complexity index is 1660. The highest BCUT2D eigenvalue weighted by molar-refractivity contribution is 5.93. The Morgan fingerprint density at radius 1 is 0.444 bits per heavy atom. The van der Waals surface area contributed by atoms with Crippen molar-refractivity contribution < 1.29 is 0 Å². The fraction of sp³-hybridized carbons (Fsp3) is 0.395. The summed E-state index contributed by atoms with van der Waals surface area (Å²) in [6.07, 6.45) is 18.4. The topological polar surface area (TPSA) is 25.8 Å². The van der Waals surface area contributed by atoms with Gasteiger partial charge >= 0.3 is 0 Å². The number of hydrogen-bond acceptors (Lipinski definition) is 2. The van der Waals surface area contributed by atoms with Crippen molar-refractivity contribution in [2.45, 2.75) is 109 Å². The zero-order chi connectivity index (χ0) is 30.9. The molecule has 1 aliphatic rings. The number of benzene rings is 4. The first-order chi connectivity index (χ1) is 22.2. The molecule has 0 saturated heterocycles. The second-order valence-corrected chi connectivity index (χ2v) is 13.2. The zero-order valence-corrected chi connectivity index (χ0v) is 27.5. The van der Waals surface area contributed by atoms with Gasteiger partial charge in [0.05, 0.1) is 22.4 Å². The lowest BCUT2D eigenvalue weighted by Gasteiger charge is -2.33. The number of fused-ring (bicyclic) bond motifs is 4. The molecule has 0 saturated carbocycles. The van der Waals surface area contributed by atoms with Crippen molar-refractivity contribution in [3.8, 4) is 33.6 Å². The summed E-state index contributed by atoms with van der Waals surface area (Å²) in [5, 5.41) is 0. The van der Waals surface area contributed by atoms with Crippen LogP contribution in [0, 0.1) is 0 Å². The highest BCUT2D eigenvalue weighted by atomic mass is 14.8. The molecule has 0 atom stereocenters. The van der Waals surface area contributed by atoms with Crippen molar-refractivity contribution in [2.75, 3.05) is 0 Å². The van der Waals surface area contributed by atoms with Crippen molar-refractivity contribution in [1.82, 2.24) is 9.97 Å². The van der Waals surface area contributed by atoms with Gasteiger partial charge in [-0.3, -0.25) is 0 Å². The molecule has 4 aromatic carbocycles. The van der Waals surface area contributed by atoms with Crippen LogP contribution in [0.15, 0.2) is 97.1 Å². The first-order valence-electron chi connectivity index (χ1n) is 17.8. The maximum atomic E-state index is 5.43. The van der Waals surface area contributed by atoms with Gasteiger partial charge in [-0.05, 0) is 47.2 Å². The summed E-state index contributed by atoms with van der Waals surface area (Å²) in [6.45, 7) is 4.61. The molecule has 45 heavy (non-hydrogen) atoms. The number of hydrogen-bond donors (Lipinski definition) is 0. The molecule has 0 radical (unpaired) electrons. The Kier molecular flexibility index (Phi) is 10.4. The first-order valence-corrected chi connectivity index (χ1v) is 17.8. The second kappa shape index (κ2) is 15.0. The smallest absolute Gasteiger partial charge is 0.0973 e. The van der Waals surface area contributed by atoms with Crippen LogP contribution in [0.2, 0.25) is 0 Å². The van der Waals surface area contributed by atoms with Gasteiger partial charge in [-0.25, -0.2) is 9.97 Å². The van der Waals surface area contributed by atoms with Gasteiger partial charge in [0.2, 0.25) is 0 Å². The van der Waals surface area contributed by atoms with E-state index in [2.05, 4.69) is 111 Å². The molecule has 5 aromatic rings.